The topological polar surface area (TPSA) is 98.6 Å². The number of aromatic amines is 1. The van der Waals surface area contributed by atoms with Crippen LogP contribution in [-0.2, 0) is 24.1 Å². The number of aryl methyl sites for hydroxylation is 2. The van der Waals surface area contributed by atoms with Gasteiger partial charge in [-0.15, -0.1) is 11.3 Å². The SMILES string of the molecule is CC1CCc2c(sc3nc(CCC(=O)NC4(C#N)CCCC4)[nH]c(=O)c23)C1. The molecule has 1 amide bonds. The lowest BCUT2D eigenvalue weighted by Crippen LogP contribution is -2.45. The van der Waals surface area contributed by atoms with Crippen LogP contribution in [0.3, 0.4) is 0 Å². The number of nitrogens with zero attached hydrogens (tertiary/aromatic N) is 2. The van der Waals surface area contributed by atoms with Crippen molar-refractivity contribution in [1.29, 1.82) is 5.26 Å². The van der Waals surface area contributed by atoms with Crippen LogP contribution in [0, 0.1) is 17.2 Å². The molecule has 2 aliphatic carbocycles. The first-order valence-electron chi connectivity index (χ1n) is 9.75. The molecule has 2 heterocycles. The van der Waals surface area contributed by atoms with Crippen LogP contribution in [0.1, 0.15) is 61.7 Å². The van der Waals surface area contributed by atoms with Crippen molar-refractivity contribution in [2.24, 2.45) is 5.92 Å². The molecule has 2 aliphatic rings. The third-order valence-electron chi connectivity index (χ3n) is 5.85. The van der Waals surface area contributed by atoms with Crippen LogP contribution in [0.25, 0.3) is 10.2 Å². The molecule has 0 aromatic carbocycles. The Kier molecular flexibility index (Phi) is 4.77. The van der Waals surface area contributed by atoms with Crippen LogP contribution in [0.2, 0.25) is 0 Å². The highest BCUT2D eigenvalue weighted by Crippen LogP contribution is 2.35. The van der Waals surface area contributed by atoms with Gasteiger partial charge in [-0.25, -0.2) is 4.98 Å². The average molecular weight is 385 g/mol. The lowest BCUT2D eigenvalue weighted by Gasteiger charge is -2.21. The number of nitrogens with one attached hydrogen (secondary N) is 2. The second-order valence-corrected chi connectivity index (χ2v) is 9.08. The van der Waals surface area contributed by atoms with Crippen LogP contribution in [0.5, 0.6) is 0 Å². The molecule has 0 aliphatic heterocycles. The fourth-order valence-corrected chi connectivity index (χ4v) is 5.72. The van der Waals surface area contributed by atoms with Crippen molar-refractivity contribution in [3.8, 4) is 6.07 Å². The van der Waals surface area contributed by atoms with E-state index in [1.165, 1.54) is 10.4 Å². The van der Waals surface area contributed by atoms with Crippen molar-refractivity contribution >= 4 is 27.5 Å². The minimum Gasteiger partial charge on any atom is -0.338 e. The summed E-state index contributed by atoms with van der Waals surface area (Å²) in [7, 11) is 0. The van der Waals surface area contributed by atoms with E-state index in [0.29, 0.717) is 18.2 Å². The van der Waals surface area contributed by atoms with Gasteiger partial charge in [0.25, 0.3) is 5.56 Å². The molecule has 1 fully saturated rings. The zero-order valence-corrected chi connectivity index (χ0v) is 16.4. The molecule has 0 spiro atoms. The number of thiophene rings is 1. The maximum absolute atomic E-state index is 12.6. The minimum absolute atomic E-state index is 0.0910. The number of aromatic nitrogens is 2. The maximum Gasteiger partial charge on any atom is 0.259 e. The van der Waals surface area contributed by atoms with Gasteiger partial charge in [-0.2, -0.15) is 5.26 Å². The Balaban J connectivity index is 1.49. The molecule has 27 heavy (non-hydrogen) atoms. The summed E-state index contributed by atoms with van der Waals surface area (Å²) in [6.07, 6.45) is 7.05. The van der Waals surface area contributed by atoms with Gasteiger partial charge >= 0.3 is 0 Å². The van der Waals surface area contributed by atoms with Crippen molar-refractivity contribution in [2.75, 3.05) is 0 Å². The number of amides is 1. The summed E-state index contributed by atoms with van der Waals surface area (Å²) in [5.74, 6) is 1.04. The van der Waals surface area contributed by atoms with Crippen molar-refractivity contribution in [2.45, 2.75) is 70.3 Å². The van der Waals surface area contributed by atoms with Crippen molar-refractivity contribution in [3.05, 3.63) is 26.6 Å². The highest BCUT2D eigenvalue weighted by Gasteiger charge is 2.35. The molecule has 1 unspecified atom stereocenters. The number of rotatable bonds is 4. The van der Waals surface area contributed by atoms with E-state index in [1.807, 2.05) is 0 Å². The van der Waals surface area contributed by atoms with Gasteiger partial charge in [0.2, 0.25) is 5.91 Å². The smallest absolute Gasteiger partial charge is 0.259 e. The Morgan fingerprint density at radius 3 is 2.96 bits per heavy atom. The van der Waals surface area contributed by atoms with Gasteiger partial charge in [0, 0.05) is 17.7 Å². The summed E-state index contributed by atoms with van der Waals surface area (Å²) in [6, 6.07) is 2.27. The second-order valence-electron chi connectivity index (χ2n) is 7.99. The first kappa shape index (κ1) is 18.2. The number of fused-ring (bicyclic) bond motifs is 3. The van der Waals surface area contributed by atoms with Gasteiger partial charge in [-0.3, -0.25) is 9.59 Å². The molecule has 2 aromatic rings. The molecule has 1 saturated carbocycles. The molecule has 0 bridgehead atoms. The molecule has 0 saturated heterocycles. The second kappa shape index (κ2) is 7.08. The average Bonchev–Trinajstić information content (AvgIpc) is 3.24. The van der Waals surface area contributed by atoms with Gasteiger partial charge in [0.1, 0.15) is 16.2 Å². The lowest BCUT2D eigenvalue weighted by atomic mass is 9.89. The Morgan fingerprint density at radius 1 is 1.44 bits per heavy atom. The first-order chi connectivity index (χ1) is 13.0. The standard InChI is InChI=1S/C20H24N4O2S/c1-12-4-5-13-14(10-12)27-19-17(13)18(26)22-15(23-19)6-7-16(25)24-20(11-21)8-2-3-9-20/h12H,2-10H2,1H3,(H,24,25)(H,22,23,26). The maximum atomic E-state index is 12.6. The molecule has 142 valence electrons. The zero-order valence-electron chi connectivity index (χ0n) is 15.6. The Morgan fingerprint density at radius 2 is 2.22 bits per heavy atom. The number of nitriles is 1. The third kappa shape index (κ3) is 3.51. The third-order valence-corrected chi connectivity index (χ3v) is 7.00. The van der Waals surface area contributed by atoms with E-state index < -0.39 is 5.54 Å². The van der Waals surface area contributed by atoms with E-state index in [1.54, 1.807) is 11.3 Å². The molecule has 4 rings (SSSR count). The van der Waals surface area contributed by atoms with E-state index in [4.69, 9.17) is 0 Å². The minimum atomic E-state index is -0.703. The Bertz CT molecular complexity index is 978. The van der Waals surface area contributed by atoms with E-state index in [-0.39, 0.29) is 17.9 Å². The highest BCUT2D eigenvalue weighted by molar-refractivity contribution is 7.18. The number of hydrogen-bond acceptors (Lipinski definition) is 5. The predicted octanol–water partition coefficient (Wildman–Crippen LogP) is 2.99. The van der Waals surface area contributed by atoms with Crippen LogP contribution in [0.4, 0.5) is 0 Å². The fraction of sp³-hybridized carbons (Fsp3) is 0.600. The molecule has 1 atom stereocenters. The fourth-order valence-electron chi connectivity index (χ4n) is 4.32. The summed E-state index contributed by atoms with van der Waals surface area (Å²) >= 11 is 1.62. The van der Waals surface area contributed by atoms with Crippen LogP contribution >= 0.6 is 11.3 Å². The van der Waals surface area contributed by atoms with Crippen LogP contribution in [0.15, 0.2) is 4.79 Å². The first-order valence-corrected chi connectivity index (χ1v) is 10.6. The van der Waals surface area contributed by atoms with Crippen molar-refractivity contribution < 1.29 is 4.79 Å². The summed E-state index contributed by atoms with van der Waals surface area (Å²) in [4.78, 5) is 34.5. The monoisotopic (exact) mass is 384 g/mol. The van der Waals surface area contributed by atoms with Crippen molar-refractivity contribution in [3.63, 3.8) is 0 Å². The summed E-state index contributed by atoms with van der Waals surface area (Å²) in [5, 5.41) is 13.0. The van der Waals surface area contributed by atoms with Gasteiger partial charge in [0.05, 0.1) is 11.5 Å². The Labute approximate surface area is 162 Å². The zero-order chi connectivity index (χ0) is 19.0. The molecular formula is C20H24N4O2S. The van der Waals surface area contributed by atoms with Gasteiger partial charge in [-0.05, 0) is 56.4 Å². The quantitative estimate of drug-likeness (QED) is 0.846. The number of carbonyl (C=O) groups excluding carboxylic acids is 1. The van der Waals surface area contributed by atoms with E-state index >= 15 is 0 Å². The summed E-state index contributed by atoms with van der Waals surface area (Å²) in [6.45, 7) is 2.24. The summed E-state index contributed by atoms with van der Waals surface area (Å²) < 4.78 is 0. The molecule has 2 aromatic heterocycles. The number of H-pyrrole nitrogens is 1. The lowest BCUT2D eigenvalue weighted by molar-refractivity contribution is -0.122. The molecule has 2 N–H and O–H groups in total. The van der Waals surface area contributed by atoms with Gasteiger partial charge < -0.3 is 10.3 Å². The highest BCUT2D eigenvalue weighted by atomic mass is 32.1. The largest absolute Gasteiger partial charge is 0.338 e. The predicted molar refractivity (Wildman–Crippen MR) is 105 cm³/mol. The molecule has 0 radical (unpaired) electrons. The van der Waals surface area contributed by atoms with Crippen LogP contribution in [-0.4, -0.2) is 21.4 Å². The van der Waals surface area contributed by atoms with Crippen LogP contribution < -0.4 is 10.9 Å². The van der Waals surface area contributed by atoms with Crippen molar-refractivity contribution in [1.82, 2.24) is 15.3 Å². The number of hydrogen-bond donors (Lipinski definition) is 2. The van der Waals surface area contributed by atoms with E-state index in [0.717, 1.165) is 55.2 Å². The Hall–Kier alpha value is -2.20. The molecule has 7 heteroatoms. The van der Waals surface area contributed by atoms with Gasteiger partial charge in [0.15, 0.2) is 0 Å². The molecular weight excluding hydrogens is 360 g/mol. The normalized spacial score (nSPS) is 21.0. The molecule has 6 nitrogen and oxygen atoms in total. The summed E-state index contributed by atoms with van der Waals surface area (Å²) in [5.41, 5.74) is 0.376. The van der Waals surface area contributed by atoms with E-state index in [2.05, 4.69) is 28.3 Å². The van der Waals surface area contributed by atoms with E-state index in [9.17, 15) is 14.9 Å². The van der Waals surface area contributed by atoms with Gasteiger partial charge in [-0.1, -0.05) is 6.92 Å². The number of carbonyl (C=O) groups is 1.